The van der Waals surface area contributed by atoms with Crippen LogP contribution in [0.5, 0.6) is 0 Å². The van der Waals surface area contributed by atoms with Crippen molar-refractivity contribution in [2.24, 2.45) is 7.05 Å². The molecule has 5 heteroatoms. The van der Waals surface area contributed by atoms with Crippen LogP contribution >= 0.6 is 0 Å². The van der Waals surface area contributed by atoms with Gasteiger partial charge in [0.15, 0.2) is 0 Å². The second-order valence-electron chi connectivity index (χ2n) is 7.77. The summed E-state index contributed by atoms with van der Waals surface area (Å²) in [6.45, 7) is 0.811. The molecule has 2 atom stereocenters. The Balaban J connectivity index is 0.00000192. The Hall–Kier alpha value is -2.82. The molecule has 0 bridgehead atoms. The predicted molar refractivity (Wildman–Crippen MR) is 107 cm³/mol. The fourth-order valence-corrected chi connectivity index (χ4v) is 4.99. The first-order chi connectivity index (χ1) is 13.1. The fraction of sp³-hybridized carbons (Fsp3) is 0.364. The summed E-state index contributed by atoms with van der Waals surface area (Å²) in [7, 11) is 1.73. The van der Waals surface area contributed by atoms with Crippen LogP contribution in [0.15, 0.2) is 47.3 Å². The minimum atomic E-state index is -0.156. The maximum absolute atomic E-state index is 13.3. The third kappa shape index (κ3) is 2.52. The highest BCUT2D eigenvalue weighted by Gasteiger charge is 2.38. The van der Waals surface area contributed by atoms with E-state index in [0.717, 1.165) is 43.3 Å². The van der Waals surface area contributed by atoms with E-state index in [-0.39, 0.29) is 19.1 Å². The smallest absolute Gasteiger partial charge is 0.326 e. The van der Waals surface area contributed by atoms with Crippen LogP contribution in [0.2, 0.25) is 0 Å². The highest BCUT2D eigenvalue weighted by molar-refractivity contribution is 5.97. The number of nitrogens with zero attached hydrogens (tertiary/aromatic N) is 2. The number of piperidine rings is 1. The molecule has 5 rings (SSSR count). The molecule has 27 heavy (non-hydrogen) atoms. The summed E-state index contributed by atoms with van der Waals surface area (Å²) in [5, 5.41) is 0. The van der Waals surface area contributed by atoms with Gasteiger partial charge in [-0.25, -0.2) is 4.79 Å². The van der Waals surface area contributed by atoms with Crippen molar-refractivity contribution in [1.29, 1.82) is 0 Å². The van der Waals surface area contributed by atoms with Crippen LogP contribution in [0.1, 0.15) is 48.1 Å². The Morgan fingerprint density at radius 1 is 1.19 bits per heavy atom. The Morgan fingerprint density at radius 2 is 2.04 bits per heavy atom. The van der Waals surface area contributed by atoms with Gasteiger partial charge in [-0.2, -0.15) is 0 Å². The second kappa shape index (κ2) is 6.12. The first-order valence-corrected chi connectivity index (χ1v) is 9.71. The summed E-state index contributed by atoms with van der Waals surface area (Å²) >= 11 is 0. The quantitative estimate of drug-likeness (QED) is 0.720. The first-order valence-electron chi connectivity index (χ1n) is 9.71. The van der Waals surface area contributed by atoms with Gasteiger partial charge in [0, 0.05) is 32.5 Å². The molecular weight excluding hydrogens is 338 g/mol. The summed E-state index contributed by atoms with van der Waals surface area (Å²) in [4.78, 5) is 30.1. The standard InChI is InChI=1S/C22H23N3O2.H2/c1-24-20-11-9-15(13-18(20)23-22(24)27)21(26)25-12-4-7-17-16-6-3-2-5-14(16)8-10-19(17)25;/h2-3,5-6,9,11,13,17,19H,4,7-8,10,12H2,1H3,(H,23,27);1H. The number of nitrogens with one attached hydrogen (secondary N) is 1. The van der Waals surface area contributed by atoms with Gasteiger partial charge in [-0.05, 0) is 55.0 Å². The average molecular weight is 363 g/mol. The number of hydrogen-bond donors (Lipinski definition) is 1. The van der Waals surface area contributed by atoms with E-state index in [1.165, 1.54) is 11.1 Å². The SMILES string of the molecule is Cn1c(=O)[nH]c2cc(C(=O)N3CCCC4c5ccccc5CCC43)ccc21.[HH]. The molecule has 1 aliphatic carbocycles. The lowest BCUT2D eigenvalue weighted by molar-refractivity contribution is 0.0547. The number of amides is 1. The number of carbonyl (C=O) groups excluding carboxylic acids is 1. The number of carbonyl (C=O) groups is 1. The van der Waals surface area contributed by atoms with E-state index in [1.807, 2.05) is 18.2 Å². The van der Waals surface area contributed by atoms with Crippen LogP contribution in [-0.2, 0) is 13.5 Å². The maximum atomic E-state index is 13.3. The van der Waals surface area contributed by atoms with E-state index in [9.17, 15) is 9.59 Å². The molecule has 1 saturated heterocycles. The van der Waals surface area contributed by atoms with Gasteiger partial charge in [-0.3, -0.25) is 9.36 Å². The number of likely N-dealkylation sites (tertiary alicyclic amines) is 1. The molecule has 1 fully saturated rings. The molecule has 1 amide bonds. The minimum absolute atomic E-state index is 0. The Kier molecular flexibility index (Phi) is 3.71. The Bertz CT molecular complexity index is 1100. The van der Waals surface area contributed by atoms with E-state index in [4.69, 9.17) is 0 Å². The van der Waals surface area contributed by atoms with Crippen molar-refractivity contribution in [3.8, 4) is 0 Å². The highest BCUT2D eigenvalue weighted by Crippen LogP contribution is 2.41. The van der Waals surface area contributed by atoms with Crippen molar-refractivity contribution in [1.82, 2.24) is 14.5 Å². The predicted octanol–water partition coefficient (Wildman–Crippen LogP) is 3.45. The van der Waals surface area contributed by atoms with Crippen LogP contribution in [0.3, 0.4) is 0 Å². The summed E-state index contributed by atoms with van der Waals surface area (Å²) in [5.74, 6) is 0.517. The number of aryl methyl sites for hydroxylation is 2. The Labute approximate surface area is 159 Å². The van der Waals surface area contributed by atoms with Gasteiger partial charge in [0.2, 0.25) is 0 Å². The molecule has 1 aromatic heterocycles. The van der Waals surface area contributed by atoms with Gasteiger partial charge in [0.25, 0.3) is 5.91 Å². The molecule has 1 N–H and O–H groups in total. The largest absolute Gasteiger partial charge is 0.335 e. The van der Waals surface area contributed by atoms with Gasteiger partial charge in [0.1, 0.15) is 0 Å². The third-order valence-electron chi connectivity index (χ3n) is 6.35. The van der Waals surface area contributed by atoms with Crippen molar-refractivity contribution >= 4 is 16.9 Å². The van der Waals surface area contributed by atoms with Crippen LogP contribution in [-0.4, -0.2) is 32.9 Å². The molecule has 2 unspecified atom stereocenters. The minimum Gasteiger partial charge on any atom is -0.335 e. The fourth-order valence-electron chi connectivity index (χ4n) is 4.99. The van der Waals surface area contributed by atoms with E-state index in [0.29, 0.717) is 11.5 Å². The van der Waals surface area contributed by atoms with Gasteiger partial charge in [-0.15, -0.1) is 0 Å². The van der Waals surface area contributed by atoms with Crippen LogP contribution in [0, 0.1) is 0 Å². The molecule has 2 aromatic carbocycles. The number of hydrogen-bond acceptors (Lipinski definition) is 2. The topological polar surface area (TPSA) is 58.1 Å². The number of aromatic nitrogens is 2. The summed E-state index contributed by atoms with van der Waals surface area (Å²) in [6.07, 6.45) is 4.24. The normalized spacial score (nSPS) is 21.7. The molecule has 140 valence electrons. The lowest BCUT2D eigenvalue weighted by atomic mass is 9.74. The highest BCUT2D eigenvalue weighted by atomic mass is 16.2. The number of benzene rings is 2. The van der Waals surface area contributed by atoms with E-state index < -0.39 is 0 Å². The zero-order chi connectivity index (χ0) is 18.5. The summed E-state index contributed by atoms with van der Waals surface area (Å²) < 4.78 is 1.57. The van der Waals surface area contributed by atoms with Crippen molar-refractivity contribution in [3.05, 3.63) is 69.6 Å². The molecule has 1 aliphatic heterocycles. The number of H-pyrrole nitrogens is 1. The van der Waals surface area contributed by atoms with Crippen molar-refractivity contribution in [2.75, 3.05) is 6.54 Å². The molecule has 2 heterocycles. The monoisotopic (exact) mass is 363 g/mol. The van der Waals surface area contributed by atoms with E-state index in [2.05, 4.69) is 34.1 Å². The molecular formula is C22H25N3O2. The molecule has 2 aliphatic rings. The lowest BCUT2D eigenvalue weighted by Crippen LogP contribution is -2.49. The first kappa shape index (κ1) is 16.4. The van der Waals surface area contributed by atoms with Crippen LogP contribution < -0.4 is 5.69 Å². The van der Waals surface area contributed by atoms with Crippen LogP contribution in [0.25, 0.3) is 11.0 Å². The van der Waals surface area contributed by atoms with Gasteiger partial charge in [-0.1, -0.05) is 24.3 Å². The van der Waals surface area contributed by atoms with E-state index in [1.54, 1.807) is 11.6 Å². The van der Waals surface area contributed by atoms with Crippen LogP contribution in [0.4, 0.5) is 0 Å². The molecule has 0 spiro atoms. The maximum Gasteiger partial charge on any atom is 0.326 e. The van der Waals surface area contributed by atoms with Crippen molar-refractivity contribution in [2.45, 2.75) is 37.6 Å². The second-order valence-corrected chi connectivity index (χ2v) is 7.77. The third-order valence-corrected chi connectivity index (χ3v) is 6.35. The number of imidazole rings is 1. The molecule has 5 nitrogen and oxygen atoms in total. The zero-order valence-electron chi connectivity index (χ0n) is 15.4. The average Bonchev–Trinajstić information content (AvgIpc) is 3.00. The Morgan fingerprint density at radius 3 is 2.93 bits per heavy atom. The number of fused-ring (bicyclic) bond motifs is 4. The summed E-state index contributed by atoms with van der Waals surface area (Å²) in [6, 6.07) is 14.5. The number of aromatic amines is 1. The van der Waals surface area contributed by atoms with Gasteiger partial charge in [0.05, 0.1) is 11.0 Å². The lowest BCUT2D eigenvalue weighted by Gasteiger charge is -2.45. The van der Waals surface area contributed by atoms with Crippen molar-refractivity contribution in [3.63, 3.8) is 0 Å². The summed E-state index contributed by atoms with van der Waals surface area (Å²) in [5.41, 5.74) is 4.90. The zero-order valence-corrected chi connectivity index (χ0v) is 15.4. The van der Waals surface area contributed by atoms with E-state index >= 15 is 0 Å². The molecule has 0 radical (unpaired) electrons. The van der Waals surface area contributed by atoms with Gasteiger partial charge >= 0.3 is 5.69 Å². The van der Waals surface area contributed by atoms with Crippen molar-refractivity contribution < 1.29 is 6.22 Å². The number of rotatable bonds is 1. The molecule has 0 saturated carbocycles. The van der Waals surface area contributed by atoms with Gasteiger partial charge < -0.3 is 9.88 Å². The molecule has 3 aromatic rings.